The van der Waals surface area contributed by atoms with Gasteiger partial charge in [0.1, 0.15) is 0 Å². The van der Waals surface area contributed by atoms with Crippen LogP contribution in [0.2, 0.25) is 0 Å². The topological polar surface area (TPSA) is 61.8 Å². The van der Waals surface area contributed by atoms with E-state index in [1.165, 1.54) is 12.8 Å². The Labute approximate surface area is 171 Å². The van der Waals surface area contributed by atoms with Crippen molar-refractivity contribution in [3.63, 3.8) is 0 Å². The first-order valence-electron chi connectivity index (χ1n) is 11.6. The summed E-state index contributed by atoms with van der Waals surface area (Å²) in [5, 5.41) is 22.4. The number of rotatable bonds is 6. The summed E-state index contributed by atoms with van der Waals surface area (Å²) in [6.07, 6.45) is 8.81. The lowest BCUT2D eigenvalue weighted by Gasteiger charge is -2.47. The molecule has 1 heterocycles. The largest absolute Gasteiger partial charge is 0.831 e. The van der Waals surface area contributed by atoms with Crippen molar-refractivity contribution in [3.05, 3.63) is 12.3 Å². The van der Waals surface area contributed by atoms with Crippen molar-refractivity contribution in [1.82, 2.24) is 0 Å². The van der Waals surface area contributed by atoms with E-state index in [2.05, 4.69) is 27.4 Å². The van der Waals surface area contributed by atoms with E-state index < -0.39 is 6.29 Å². The molecule has 3 rings (SSSR count). The highest BCUT2D eigenvalue weighted by atomic mass is 16.6. The van der Waals surface area contributed by atoms with Crippen LogP contribution in [0, 0.1) is 35.5 Å². The Kier molecular flexibility index (Phi) is 7.86. The van der Waals surface area contributed by atoms with Crippen LogP contribution in [0.3, 0.4) is 0 Å². The van der Waals surface area contributed by atoms with Gasteiger partial charge in [-0.25, -0.2) is 0 Å². The molecule has 2 saturated carbocycles. The normalized spacial score (nSPS) is 41.5. The highest BCUT2D eigenvalue weighted by Gasteiger charge is 2.42. The molecular formula is C24H41O4-. The first-order chi connectivity index (χ1) is 13.3. The molecule has 7 atom stereocenters. The number of aliphatic hydroxyl groups excluding tert-OH is 1. The quantitative estimate of drug-likeness (QED) is 0.519. The second kappa shape index (κ2) is 9.95. The zero-order chi connectivity index (χ0) is 20.3. The van der Waals surface area contributed by atoms with E-state index in [4.69, 9.17) is 9.47 Å². The Balaban J connectivity index is 1.54. The molecule has 0 spiro atoms. The lowest BCUT2D eigenvalue weighted by Crippen LogP contribution is -2.47. The molecule has 3 unspecified atom stereocenters. The monoisotopic (exact) mass is 393 g/mol. The smallest absolute Gasteiger partial charge is 0.0853 e. The molecule has 0 aromatic carbocycles. The van der Waals surface area contributed by atoms with Crippen LogP contribution < -0.4 is 5.11 Å². The van der Waals surface area contributed by atoms with Crippen molar-refractivity contribution >= 4 is 0 Å². The minimum atomic E-state index is -0.936. The van der Waals surface area contributed by atoms with Crippen LogP contribution in [0.1, 0.15) is 78.6 Å². The van der Waals surface area contributed by atoms with Crippen LogP contribution in [-0.4, -0.2) is 30.2 Å². The molecular weight excluding hydrogens is 352 g/mol. The zero-order valence-electron chi connectivity index (χ0n) is 18.1. The van der Waals surface area contributed by atoms with Crippen molar-refractivity contribution in [2.24, 2.45) is 35.5 Å². The molecule has 1 N–H and O–H groups in total. The number of fused-ring (bicyclic) bond motifs is 1. The molecule has 0 aromatic rings. The van der Waals surface area contributed by atoms with Crippen molar-refractivity contribution in [2.45, 2.75) is 97.1 Å². The fourth-order valence-electron chi connectivity index (χ4n) is 6.13. The van der Waals surface area contributed by atoms with Crippen LogP contribution in [0.4, 0.5) is 0 Å². The second-order valence-corrected chi connectivity index (χ2v) is 10.0. The maximum atomic E-state index is 13.0. The van der Waals surface area contributed by atoms with Crippen LogP contribution in [0.5, 0.6) is 0 Å². The molecule has 162 valence electrons. The van der Waals surface area contributed by atoms with Crippen LogP contribution in [0.25, 0.3) is 0 Å². The van der Waals surface area contributed by atoms with Gasteiger partial charge in [-0.2, -0.15) is 0 Å². The van der Waals surface area contributed by atoms with Gasteiger partial charge in [-0.3, -0.25) is 0 Å². The van der Waals surface area contributed by atoms with E-state index in [-0.39, 0.29) is 17.8 Å². The van der Waals surface area contributed by atoms with Gasteiger partial charge in [-0.15, -0.1) is 0 Å². The molecule has 4 heteroatoms. The highest BCUT2D eigenvalue weighted by Crippen LogP contribution is 2.46. The molecule has 1 saturated heterocycles. The van der Waals surface area contributed by atoms with Crippen LogP contribution in [0.15, 0.2) is 12.3 Å². The third-order valence-corrected chi connectivity index (χ3v) is 8.02. The van der Waals surface area contributed by atoms with Crippen molar-refractivity contribution in [2.75, 3.05) is 6.61 Å². The molecule has 2 aliphatic carbocycles. The highest BCUT2D eigenvalue weighted by molar-refractivity contribution is 4.91. The number of hydrogen-bond donors (Lipinski definition) is 1. The van der Waals surface area contributed by atoms with E-state index in [1.807, 2.05) is 0 Å². The molecule has 4 nitrogen and oxygen atoms in total. The third kappa shape index (κ3) is 5.52. The van der Waals surface area contributed by atoms with Gasteiger partial charge in [0, 0.05) is 6.42 Å². The van der Waals surface area contributed by atoms with E-state index in [1.54, 1.807) is 0 Å². The van der Waals surface area contributed by atoms with Crippen molar-refractivity contribution in [1.29, 1.82) is 0 Å². The maximum Gasteiger partial charge on any atom is 0.0853 e. The van der Waals surface area contributed by atoms with Crippen molar-refractivity contribution < 1.29 is 19.7 Å². The first-order valence-corrected chi connectivity index (χ1v) is 11.6. The third-order valence-electron chi connectivity index (χ3n) is 8.02. The molecule has 28 heavy (non-hydrogen) atoms. The second-order valence-electron chi connectivity index (χ2n) is 10.0. The Morgan fingerprint density at radius 2 is 1.79 bits per heavy atom. The summed E-state index contributed by atoms with van der Waals surface area (Å²) in [5.41, 5.74) is 0. The Hall–Kier alpha value is -0.580. The van der Waals surface area contributed by atoms with Gasteiger partial charge >= 0.3 is 0 Å². The predicted octanol–water partition coefficient (Wildman–Crippen LogP) is 4.82. The first kappa shape index (κ1) is 22.1. The summed E-state index contributed by atoms with van der Waals surface area (Å²) in [5.74, 6) is 3.17. The van der Waals surface area contributed by atoms with Crippen LogP contribution in [-0.2, 0) is 9.47 Å². The van der Waals surface area contributed by atoms with Gasteiger partial charge in [0.2, 0.25) is 0 Å². The minimum absolute atomic E-state index is 0.0342. The molecule has 3 fully saturated rings. The fourth-order valence-corrected chi connectivity index (χ4v) is 6.13. The zero-order valence-corrected chi connectivity index (χ0v) is 18.1. The standard InChI is InChI=1S/C24H41O4/c1-15-5-11-22(23-14-27-17(3)6-12-21(15)23)18(4)24(26)28-20-9-7-19(8-10-20)13-16(2)25/h15,17-25H,2,5-14H2,1,3-4H3/q-1/t15-,17?,18-,19?,20?,21+,22+,23?,24?/m1/s1. The lowest BCUT2D eigenvalue weighted by molar-refractivity contribution is -0.514. The van der Waals surface area contributed by atoms with E-state index in [0.717, 1.165) is 51.0 Å². The number of ether oxygens (including phenoxy) is 2. The van der Waals surface area contributed by atoms with E-state index in [0.29, 0.717) is 36.2 Å². The summed E-state index contributed by atoms with van der Waals surface area (Å²) in [6, 6.07) is 0. The van der Waals surface area contributed by atoms with Gasteiger partial charge in [-0.05, 0) is 93.7 Å². The average Bonchev–Trinajstić information content (AvgIpc) is 2.85. The molecule has 0 radical (unpaired) electrons. The molecule has 1 aliphatic heterocycles. The molecule has 0 aromatic heterocycles. The van der Waals surface area contributed by atoms with Gasteiger partial charge in [0.25, 0.3) is 0 Å². The Morgan fingerprint density at radius 1 is 1.07 bits per heavy atom. The fraction of sp³-hybridized carbons (Fsp3) is 0.917. The van der Waals surface area contributed by atoms with Gasteiger partial charge in [-0.1, -0.05) is 26.8 Å². The summed E-state index contributed by atoms with van der Waals surface area (Å²) in [7, 11) is 0. The van der Waals surface area contributed by atoms with Gasteiger partial charge in [0.05, 0.1) is 24.6 Å². The van der Waals surface area contributed by atoms with Crippen LogP contribution >= 0.6 is 0 Å². The lowest BCUT2D eigenvalue weighted by atomic mass is 9.62. The SMILES string of the molecule is C=C(O)CC1CCC(OC([O-])[C@H](C)[C@@H]2CC[C@@H](C)[C@@H]3CCC(C)OCC32)CC1. The van der Waals surface area contributed by atoms with E-state index in [9.17, 15) is 10.2 Å². The van der Waals surface area contributed by atoms with Crippen molar-refractivity contribution in [3.8, 4) is 0 Å². The molecule has 3 aliphatic rings. The summed E-state index contributed by atoms with van der Waals surface area (Å²) in [6.45, 7) is 11.1. The number of hydrogen-bond acceptors (Lipinski definition) is 4. The minimum Gasteiger partial charge on any atom is -0.831 e. The Morgan fingerprint density at radius 3 is 2.46 bits per heavy atom. The molecule has 0 bridgehead atoms. The average molecular weight is 394 g/mol. The maximum absolute atomic E-state index is 13.0. The predicted molar refractivity (Wildman–Crippen MR) is 110 cm³/mol. The molecule has 0 amide bonds. The number of allylic oxidation sites excluding steroid dienone is 1. The van der Waals surface area contributed by atoms with Gasteiger partial charge in [0.15, 0.2) is 0 Å². The Bertz CT molecular complexity index is 499. The number of aliphatic hydroxyl groups is 1. The summed E-state index contributed by atoms with van der Waals surface area (Å²) in [4.78, 5) is 0. The van der Waals surface area contributed by atoms with Gasteiger partial charge < -0.3 is 19.7 Å². The van der Waals surface area contributed by atoms with E-state index >= 15 is 0 Å². The summed E-state index contributed by atoms with van der Waals surface area (Å²) >= 11 is 0. The summed E-state index contributed by atoms with van der Waals surface area (Å²) < 4.78 is 12.1.